The summed E-state index contributed by atoms with van der Waals surface area (Å²) in [4.78, 5) is 97.9. The number of thioether (sulfide) groups is 1. The van der Waals surface area contributed by atoms with E-state index in [1.807, 2.05) is 0 Å². The zero-order valence-electron chi connectivity index (χ0n) is 31.2. The second kappa shape index (κ2) is 21.9. The summed E-state index contributed by atoms with van der Waals surface area (Å²) >= 11 is 0.993. The summed E-state index contributed by atoms with van der Waals surface area (Å²) in [5.41, 5.74) is 4.21. The van der Waals surface area contributed by atoms with Crippen molar-refractivity contribution < 1.29 is 90.4 Å². The number of aliphatic hydroxyl groups is 2. The second-order valence-electron chi connectivity index (χ2n) is 13.0. The Morgan fingerprint density at radius 3 is 2.41 bits per heavy atom. The van der Waals surface area contributed by atoms with Crippen LogP contribution in [0.4, 0.5) is 5.82 Å². The molecule has 59 heavy (non-hydrogen) atoms. The smallest absolute Gasteiger partial charge is 0.478 e. The van der Waals surface area contributed by atoms with E-state index in [0.29, 0.717) is 6.42 Å². The van der Waals surface area contributed by atoms with E-state index in [4.69, 9.17) is 24.6 Å². The monoisotopic (exact) mass is 919 g/mol. The van der Waals surface area contributed by atoms with Crippen LogP contribution in [0.15, 0.2) is 37.0 Å². The number of anilines is 1. The lowest BCUT2D eigenvalue weighted by molar-refractivity contribution is -0.137. The number of aliphatic hydroxyl groups excluding tert-OH is 2. The van der Waals surface area contributed by atoms with Gasteiger partial charge in [-0.1, -0.05) is 43.8 Å². The van der Waals surface area contributed by atoms with Crippen molar-refractivity contribution in [2.24, 2.45) is 5.41 Å². The molecular formula is C29H44N7O19P3S. The Balaban J connectivity index is 1.44. The van der Waals surface area contributed by atoms with Crippen LogP contribution in [0.2, 0.25) is 0 Å². The lowest BCUT2D eigenvalue weighted by atomic mass is 9.87. The van der Waals surface area contributed by atoms with Crippen molar-refractivity contribution >= 4 is 75.1 Å². The Morgan fingerprint density at radius 1 is 1.03 bits per heavy atom. The largest absolute Gasteiger partial charge is 0.481 e. The molecule has 0 radical (unpaired) electrons. The van der Waals surface area contributed by atoms with Crippen LogP contribution in [0.1, 0.15) is 39.3 Å². The predicted molar refractivity (Wildman–Crippen MR) is 202 cm³/mol. The molecule has 0 aliphatic carbocycles. The number of phosphoric acid groups is 3. The summed E-state index contributed by atoms with van der Waals surface area (Å²) in [7, 11) is -16.4. The molecule has 2 aromatic heterocycles. The number of nitrogens with zero attached hydrogens (tertiary/aromatic N) is 4. The SMILES string of the molecule is CC(C)(COP(=O)(O)OP(=O)(O)OCC1OC(n2cnc3c(N)ncnc32)C(O)C1OP(=O)(O)O)C(O)C(=O)NCCC(=O)NCCSC(=O)CC/C=C/C=C/C(=O)O. The van der Waals surface area contributed by atoms with Gasteiger partial charge in [-0.2, -0.15) is 4.31 Å². The number of aromatic nitrogens is 4. The number of nitrogens with one attached hydrogen (secondary N) is 2. The van der Waals surface area contributed by atoms with E-state index in [2.05, 4.69) is 34.4 Å². The number of nitrogen functional groups attached to an aromatic ring is 1. The molecule has 0 aromatic carbocycles. The summed E-state index contributed by atoms with van der Waals surface area (Å²) in [5, 5.41) is 34.7. The molecule has 0 spiro atoms. The highest BCUT2D eigenvalue weighted by Gasteiger charge is 2.50. The van der Waals surface area contributed by atoms with Crippen molar-refractivity contribution in [2.45, 2.75) is 63.8 Å². The van der Waals surface area contributed by atoms with Crippen molar-refractivity contribution in [2.75, 3.05) is 37.8 Å². The van der Waals surface area contributed by atoms with Gasteiger partial charge in [0.2, 0.25) is 11.8 Å². The predicted octanol–water partition coefficient (Wildman–Crippen LogP) is -0.358. The summed E-state index contributed by atoms with van der Waals surface area (Å²) in [6.45, 7) is 0.318. The van der Waals surface area contributed by atoms with Crippen molar-refractivity contribution in [3.8, 4) is 0 Å². The number of imidazole rings is 1. The van der Waals surface area contributed by atoms with Crippen molar-refractivity contribution in [3.05, 3.63) is 37.0 Å². The molecule has 7 atom stereocenters. The number of carboxylic acid groups (broad SMARTS) is 1. The minimum absolute atomic E-state index is 0.0209. The number of hydrogen-bond donors (Lipinski definition) is 10. The highest BCUT2D eigenvalue weighted by Crippen LogP contribution is 2.61. The summed E-state index contributed by atoms with van der Waals surface area (Å²) in [6, 6.07) is 0. The molecular weight excluding hydrogens is 875 g/mol. The average molecular weight is 920 g/mol. The molecule has 3 rings (SSSR count). The van der Waals surface area contributed by atoms with Gasteiger partial charge in [0.1, 0.15) is 36.3 Å². The Morgan fingerprint density at radius 2 is 1.73 bits per heavy atom. The number of fused-ring (bicyclic) bond motifs is 1. The van der Waals surface area contributed by atoms with Crippen LogP contribution in [-0.2, 0) is 55.5 Å². The zero-order chi connectivity index (χ0) is 44.2. The van der Waals surface area contributed by atoms with Crippen molar-refractivity contribution in [3.63, 3.8) is 0 Å². The summed E-state index contributed by atoms with van der Waals surface area (Å²) < 4.78 is 62.1. The molecule has 1 aliphatic heterocycles. The third-order valence-electron chi connectivity index (χ3n) is 7.77. The van der Waals surface area contributed by atoms with Gasteiger partial charge in [0.15, 0.2) is 22.8 Å². The molecule has 1 aliphatic rings. The van der Waals surface area contributed by atoms with Gasteiger partial charge in [0, 0.05) is 43.2 Å². The molecule has 1 saturated heterocycles. The maximum Gasteiger partial charge on any atom is 0.481 e. The Hall–Kier alpha value is -3.49. The fraction of sp³-hybridized carbons (Fsp3) is 0.552. The number of ether oxygens (including phenoxy) is 1. The Labute approximate surface area is 339 Å². The number of amides is 2. The molecule has 2 aromatic rings. The van der Waals surface area contributed by atoms with Crippen LogP contribution in [-0.4, -0.2) is 134 Å². The van der Waals surface area contributed by atoms with Gasteiger partial charge in [-0.15, -0.1) is 0 Å². The molecule has 7 unspecified atom stereocenters. The molecule has 30 heteroatoms. The number of allylic oxidation sites excluding steroid dienone is 3. The molecule has 1 fully saturated rings. The number of carbonyl (C=O) groups excluding carboxylic acids is 3. The fourth-order valence-corrected chi connectivity index (χ4v) is 8.40. The number of nitrogens with two attached hydrogens (primary N) is 1. The van der Waals surface area contributed by atoms with E-state index in [0.717, 1.165) is 35.1 Å². The van der Waals surface area contributed by atoms with Gasteiger partial charge in [0.25, 0.3) is 0 Å². The van der Waals surface area contributed by atoms with E-state index in [1.54, 1.807) is 6.08 Å². The molecule has 330 valence electrons. The van der Waals surface area contributed by atoms with E-state index in [9.17, 15) is 62.7 Å². The van der Waals surface area contributed by atoms with Crippen LogP contribution >= 0.6 is 35.2 Å². The Kier molecular flexibility index (Phi) is 18.5. The topological polar surface area (TPSA) is 401 Å². The van der Waals surface area contributed by atoms with Crippen LogP contribution in [0.25, 0.3) is 11.2 Å². The standard InChI is InChI=1S/C29H44N7O19P3S/c1-29(2,24(42)27(43)32-10-9-18(37)31-11-12-59-20(40)8-6-4-3-5-7-19(38)39)14-52-58(49,50)55-57(47,48)51-13-17-23(54-56(44,45)46)22(41)28(53-17)36-16-35-21-25(30)33-15-34-26(21)36/h3-5,7,15-17,22-24,28,41-42H,6,8-14H2,1-2H3,(H,31,37)(H,32,43)(H,38,39)(H,47,48)(H,49,50)(H2,30,33,34)(H2,44,45,46)/b4-3+,7-5+. The average Bonchev–Trinajstić information content (AvgIpc) is 3.69. The van der Waals surface area contributed by atoms with E-state index in [-0.39, 0.29) is 53.8 Å². The normalized spacial score (nSPS) is 21.4. The maximum atomic E-state index is 12.7. The number of carboxylic acids is 1. The summed E-state index contributed by atoms with van der Waals surface area (Å²) in [6.07, 6.45) is -1.02. The quantitative estimate of drug-likeness (QED) is 0.0278. The first-order valence-corrected chi connectivity index (χ1v) is 22.5. The van der Waals surface area contributed by atoms with Crippen LogP contribution in [0, 0.1) is 5.41 Å². The van der Waals surface area contributed by atoms with Gasteiger partial charge >= 0.3 is 29.4 Å². The summed E-state index contributed by atoms with van der Waals surface area (Å²) in [5.74, 6) is -2.36. The van der Waals surface area contributed by atoms with Crippen molar-refractivity contribution in [1.29, 1.82) is 0 Å². The first kappa shape index (κ1) is 49.9. The Bertz CT molecular complexity index is 2010. The number of phosphoric ester groups is 3. The van der Waals surface area contributed by atoms with Crippen LogP contribution in [0.3, 0.4) is 0 Å². The van der Waals surface area contributed by atoms with Crippen LogP contribution < -0.4 is 16.4 Å². The first-order valence-electron chi connectivity index (χ1n) is 17.0. The third-order valence-corrected chi connectivity index (χ3v) is 11.8. The number of carbonyl (C=O) groups is 4. The molecule has 0 saturated carbocycles. The third kappa shape index (κ3) is 16.5. The van der Waals surface area contributed by atoms with Gasteiger partial charge in [-0.3, -0.25) is 32.5 Å². The van der Waals surface area contributed by atoms with Crippen molar-refractivity contribution in [1.82, 2.24) is 30.2 Å². The number of rotatable bonds is 24. The highest BCUT2D eigenvalue weighted by atomic mass is 32.2. The van der Waals surface area contributed by atoms with E-state index in [1.165, 1.54) is 26.0 Å². The van der Waals surface area contributed by atoms with Gasteiger partial charge in [-0.05, 0) is 6.42 Å². The number of aliphatic carboxylic acids is 1. The van der Waals surface area contributed by atoms with Gasteiger partial charge in [0.05, 0.1) is 19.5 Å². The maximum absolute atomic E-state index is 12.7. The van der Waals surface area contributed by atoms with Crippen LogP contribution in [0.5, 0.6) is 0 Å². The van der Waals surface area contributed by atoms with Gasteiger partial charge in [-0.25, -0.2) is 33.4 Å². The molecule has 26 nitrogen and oxygen atoms in total. The number of hydrogen-bond acceptors (Lipinski definition) is 19. The first-order chi connectivity index (χ1) is 27.4. The lowest BCUT2D eigenvalue weighted by Crippen LogP contribution is -2.46. The lowest BCUT2D eigenvalue weighted by Gasteiger charge is -2.30. The minimum atomic E-state index is -5.59. The molecule has 0 bridgehead atoms. The molecule has 3 heterocycles. The van der Waals surface area contributed by atoms with Gasteiger partial charge < -0.3 is 56.0 Å². The molecule has 11 N–H and O–H groups in total. The zero-order valence-corrected chi connectivity index (χ0v) is 34.7. The van der Waals surface area contributed by atoms with E-state index >= 15 is 0 Å². The fourth-order valence-electron chi connectivity index (χ4n) is 4.88. The molecule has 2 amide bonds. The minimum Gasteiger partial charge on any atom is -0.478 e. The van der Waals surface area contributed by atoms with E-state index < -0.39 is 90.5 Å². The highest BCUT2D eigenvalue weighted by molar-refractivity contribution is 8.13. The second-order valence-corrected chi connectivity index (χ2v) is 18.3.